The van der Waals surface area contributed by atoms with Crippen molar-refractivity contribution in [3.8, 4) is 0 Å². The Labute approximate surface area is 91.2 Å². The van der Waals surface area contributed by atoms with E-state index in [-0.39, 0.29) is 12.2 Å². The second-order valence-electron chi connectivity index (χ2n) is 3.67. The van der Waals surface area contributed by atoms with Crippen LogP contribution in [-0.2, 0) is 9.59 Å². The number of Topliss-reactive ketones (excluding diaryl/α,β-unsaturated/α-hetero) is 1. The highest BCUT2D eigenvalue weighted by Crippen LogP contribution is 2.07. The van der Waals surface area contributed by atoms with Crippen molar-refractivity contribution in [2.75, 3.05) is 0 Å². The summed E-state index contributed by atoms with van der Waals surface area (Å²) in [5.41, 5.74) is 0. The normalized spacial score (nSPS) is 9.87. The summed E-state index contributed by atoms with van der Waals surface area (Å²) in [7, 11) is 0. The number of carbonyl (C=O) groups is 2. The minimum Gasteiger partial charge on any atom is -0.481 e. The molecule has 3 heteroatoms. The molecule has 86 valence electrons. The summed E-state index contributed by atoms with van der Waals surface area (Å²) in [4.78, 5) is 21.4. The van der Waals surface area contributed by atoms with Crippen LogP contribution < -0.4 is 0 Å². The predicted molar refractivity (Wildman–Crippen MR) is 59.8 cm³/mol. The number of aliphatic carboxylic acids is 1. The van der Waals surface area contributed by atoms with E-state index in [0.717, 1.165) is 32.1 Å². The number of ketones is 1. The van der Waals surface area contributed by atoms with Crippen molar-refractivity contribution in [1.29, 1.82) is 0 Å². The molecule has 0 aliphatic rings. The van der Waals surface area contributed by atoms with E-state index in [1.54, 1.807) is 6.08 Å². The lowest BCUT2D eigenvalue weighted by atomic mass is 10.1. The third kappa shape index (κ3) is 10.8. The van der Waals surface area contributed by atoms with Crippen molar-refractivity contribution in [3.05, 3.63) is 12.7 Å². The number of allylic oxidation sites excluding steroid dienone is 1. The summed E-state index contributed by atoms with van der Waals surface area (Å²) in [6.07, 6.45) is 7.44. The molecule has 0 atom stereocenters. The van der Waals surface area contributed by atoms with Crippen molar-refractivity contribution in [3.63, 3.8) is 0 Å². The molecule has 3 nitrogen and oxygen atoms in total. The molecule has 0 aromatic carbocycles. The largest absolute Gasteiger partial charge is 0.481 e. The minimum absolute atomic E-state index is 0.240. The molecule has 0 bridgehead atoms. The van der Waals surface area contributed by atoms with Crippen molar-refractivity contribution < 1.29 is 14.7 Å². The molecule has 0 fully saturated rings. The molecule has 0 saturated carbocycles. The zero-order valence-electron chi connectivity index (χ0n) is 9.21. The smallest absolute Gasteiger partial charge is 0.303 e. The second kappa shape index (κ2) is 9.44. The highest BCUT2D eigenvalue weighted by Gasteiger charge is 2.01. The zero-order chi connectivity index (χ0) is 11.5. The fourth-order valence-electron chi connectivity index (χ4n) is 1.34. The summed E-state index contributed by atoms with van der Waals surface area (Å²) >= 11 is 0. The molecule has 0 amide bonds. The van der Waals surface area contributed by atoms with Crippen molar-refractivity contribution in [1.82, 2.24) is 0 Å². The van der Waals surface area contributed by atoms with Crippen LogP contribution in [0.3, 0.4) is 0 Å². The summed E-state index contributed by atoms with van der Waals surface area (Å²) in [6, 6.07) is 0. The van der Waals surface area contributed by atoms with Crippen LogP contribution in [0.2, 0.25) is 0 Å². The molecule has 0 radical (unpaired) electrons. The summed E-state index contributed by atoms with van der Waals surface area (Å²) in [5, 5.41) is 8.39. The van der Waals surface area contributed by atoms with Gasteiger partial charge in [0.15, 0.2) is 0 Å². The number of hydrogen-bond acceptors (Lipinski definition) is 2. The molecule has 0 aromatic rings. The van der Waals surface area contributed by atoms with Gasteiger partial charge in [-0.1, -0.05) is 18.9 Å². The Morgan fingerprint density at radius 2 is 1.60 bits per heavy atom. The molecular formula is C12H20O3. The minimum atomic E-state index is -0.739. The lowest BCUT2D eigenvalue weighted by Gasteiger charge is -1.99. The van der Waals surface area contributed by atoms with Crippen LogP contribution in [-0.4, -0.2) is 16.9 Å². The van der Waals surface area contributed by atoms with Crippen molar-refractivity contribution >= 4 is 11.8 Å². The summed E-state index contributed by atoms with van der Waals surface area (Å²) in [5.74, 6) is -0.454. The van der Waals surface area contributed by atoms with E-state index in [1.807, 2.05) is 0 Å². The number of carboxylic acid groups (broad SMARTS) is 1. The van der Waals surface area contributed by atoms with Crippen LogP contribution in [0.1, 0.15) is 51.4 Å². The topological polar surface area (TPSA) is 54.4 Å². The number of carboxylic acids is 1. The van der Waals surface area contributed by atoms with Gasteiger partial charge in [-0.2, -0.15) is 0 Å². The van der Waals surface area contributed by atoms with Crippen molar-refractivity contribution in [2.24, 2.45) is 0 Å². The Hall–Kier alpha value is -1.12. The van der Waals surface area contributed by atoms with E-state index in [0.29, 0.717) is 12.8 Å². The maximum absolute atomic E-state index is 11.2. The van der Waals surface area contributed by atoms with E-state index in [2.05, 4.69) is 6.58 Å². The molecular weight excluding hydrogens is 192 g/mol. The van der Waals surface area contributed by atoms with Gasteiger partial charge in [-0.05, 0) is 19.3 Å². The van der Waals surface area contributed by atoms with Gasteiger partial charge in [0, 0.05) is 19.3 Å². The van der Waals surface area contributed by atoms with Crippen LogP contribution in [0, 0.1) is 0 Å². The van der Waals surface area contributed by atoms with E-state index in [9.17, 15) is 9.59 Å². The molecule has 0 aromatic heterocycles. The molecule has 1 N–H and O–H groups in total. The Morgan fingerprint density at radius 1 is 1.00 bits per heavy atom. The lowest BCUT2D eigenvalue weighted by Crippen LogP contribution is -1.97. The first-order valence-corrected chi connectivity index (χ1v) is 5.51. The van der Waals surface area contributed by atoms with Gasteiger partial charge >= 0.3 is 5.97 Å². The monoisotopic (exact) mass is 212 g/mol. The van der Waals surface area contributed by atoms with Crippen molar-refractivity contribution in [2.45, 2.75) is 51.4 Å². The number of rotatable bonds is 10. The number of hydrogen-bond donors (Lipinski definition) is 1. The van der Waals surface area contributed by atoms with E-state index in [1.165, 1.54) is 0 Å². The van der Waals surface area contributed by atoms with Gasteiger partial charge in [-0.15, -0.1) is 6.58 Å². The lowest BCUT2D eigenvalue weighted by molar-refractivity contribution is -0.137. The van der Waals surface area contributed by atoms with Crippen LogP contribution in [0.25, 0.3) is 0 Å². The first-order valence-electron chi connectivity index (χ1n) is 5.51. The Kier molecular flexibility index (Phi) is 8.73. The highest BCUT2D eigenvalue weighted by molar-refractivity contribution is 5.78. The molecule has 0 saturated heterocycles. The molecule has 0 rings (SSSR count). The SMILES string of the molecule is C=CCCC(=O)CCCCCCC(=O)O. The Morgan fingerprint density at radius 3 is 2.13 bits per heavy atom. The average Bonchev–Trinajstić information content (AvgIpc) is 2.19. The van der Waals surface area contributed by atoms with Crippen LogP contribution in [0.4, 0.5) is 0 Å². The summed E-state index contributed by atoms with van der Waals surface area (Å²) < 4.78 is 0. The van der Waals surface area contributed by atoms with E-state index < -0.39 is 5.97 Å². The Balaban J connectivity index is 3.19. The standard InChI is InChI=1S/C12H20O3/c1-2-3-8-11(13)9-6-4-5-7-10-12(14)15/h2H,1,3-10H2,(H,14,15). The van der Waals surface area contributed by atoms with Crippen LogP contribution >= 0.6 is 0 Å². The van der Waals surface area contributed by atoms with Gasteiger partial charge in [-0.3, -0.25) is 9.59 Å². The predicted octanol–water partition coefficient (Wildman–Crippen LogP) is 2.95. The van der Waals surface area contributed by atoms with Gasteiger partial charge < -0.3 is 5.11 Å². The third-order valence-electron chi connectivity index (χ3n) is 2.22. The van der Waals surface area contributed by atoms with Gasteiger partial charge in [0.1, 0.15) is 5.78 Å². The Bertz CT molecular complexity index is 209. The number of carbonyl (C=O) groups excluding carboxylic acids is 1. The van der Waals surface area contributed by atoms with Gasteiger partial charge in [0.05, 0.1) is 0 Å². The quantitative estimate of drug-likeness (QED) is 0.447. The highest BCUT2D eigenvalue weighted by atomic mass is 16.4. The fraction of sp³-hybridized carbons (Fsp3) is 0.667. The molecule has 0 aliphatic carbocycles. The van der Waals surface area contributed by atoms with Crippen LogP contribution in [0.5, 0.6) is 0 Å². The third-order valence-corrected chi connectivity index (χ3v) is 2.22. The average molecular weight is 212 g/mol. The molecule has 0 unspecified atom stereocenters. The molecule has 15 heavy (non-hydrogen) atoms. The molecule has 0 aliphatic heterocycles. The maximum atomic E-state index is 11.2. The molecule has 0 spiro atoms. The van der Waals surface area contributed by atoms with Gasteiger partial charge in [-0.25, -0.2) is 0 Å². The van der Waals surface area contributed by atoms with Gasteiger partial charge in [0.2, 0.25) is 0 Å². The molecule has 0 heterocycles. The second-order valence-corrected chi connectivity index (χ2v) is 3.67. The van der Waals surface area contributed by atoms with Crippen LogP contribution in [0.15, 0.2) is 12.7 Å². The summed E-state index contributed by atoms with van der Waals surface area (Å²) in [6.45, 7) is 3.56. The first-order chi connectivity index (χ1) is 7.16. The first kappa shape index (κ1) is 13.9. The maximum Gasteiger partial charge on any atom is 0.303 e. The zero-order valence-corrected chi connectivity index (χ0v) is 9.21. The van der Waals surface area contributed by atoms with E-state index in [4.69, 9.17) is 5.11 Å². The number of unbranched alkanes of at least 4 members (excludes halogenated alkanes) is 3. The van der Waals surface area contributed by atoms with E-state index >= 15 is 0 Å². The van der Waals surface area contributed by atoms with Gasteiger partial charge in [0.25, 0.3) is 0 Å². The fourth-order valence-corrected chi connectivity index (χ4v) is 1.34.